The molecule has 0 bridgehead atoms. The highest BCUT2D eigenvalue weighted by Crippen LogP contribution is 2.21. The molecule has 7 nitrogen and oxygen atoms in total. The van der Waals surface area contributed by atoms with E-state index >= 15 is 0 Å². The molecule has 0 radical (unpaired) electrons. The standard InChI is InChI=1S/C18H23N5O2/c1-3-23(4-2)11-5-9-20-17(24)18-21-16(22-25-18)14-7-6-13-8-10-19-15(13)12-14/h6-8,10,12,19H,3-5,9,11H2,1-2H3,(H,20,24). The third kappa shape index (κ3) is 4.06. The normalized spacial score (nSPS) is 11.3. The molecule has 0 saturated carbocycles. The van der Waals surface area contributed by atoms with Crippen LogP contribution >= 0.6 is 0 Å². The van der Waals surface area contributed by atoms with E-state index in [4.69, 9.17) is 4.52 Å². The third-order valence-electron chi connectivity index (χ3n) is 4.26. The molecule has 0 atom stereocenters. The first-order valence-corrected chi connectivity index (χ1v) is 8.63. The van der Waals surface area contributed by atoms with Crippen LogP contribution in [0.4, 0.5) is 0 Å². The summed E-state index contributed by atoms with van der Waals surface area (Å²) < 4.78 is 5.10. The number of carbonyl (C=O) groups is 1. The van der Waals surface area contributed by atoms with Crippen LogP contribution in [0, 0.1) is 0 Å². The lowest BCUT2D eigenvalue weighted by molar-refractivity contribution is 0.0908. The van der Waals surface area contributed by atoms with E-state index in [9.17, 15) is 4.79 Å². The van der Waals surface area contributed by atoms with Crippen molar-refractivity contribution >= 4 is 16.8 Å². The minimum absolute atomic E-state index is 0.00979. The highest BCUT2D eigenvalue weighted by molar-refractivity contribution is 5.90. The molecule has 3 aromatic rings. The Morgan fingerprint density at radius 3 is 2.92 bits per heavy atom. The number of hydrogen-bond donors (Lipinski definition) is 2. The molecule has 2 N–H and O–H groups in total. The van der Waals surface area contributed by atoms with Gasteiger partial charge in [0.15, 0.2) is 0 Å². The van der Waals surface area contributed by atoms with Gasteiger partial charge in [0, 0.05) is 23.8 Å². The molecule has 2 aromatic heterocycles. The Kier molecular flexibility index (Phi) is 5.45. The Morgan fingerprint density at radius 2 is 2.12 bits per heavy atom. The van der Waals surface area contributed by atoms with Gasteiger partial charge in [-0.3, -0.25) is 4.79 Å². The van der Waals surface area contributed by atoms with E-state index in [2.05, 4.69) is 39.2 Å². The number of H-pyrrole nitrogens is 1. The zero-order chi connectivity index (χ0) is 17.6. The van der Waals surface area contributed by atoms with Gasteiger partial charge in [0.25, 0.3) is 0 Å². The summed E-state index contributed by atoms with van der Waals surface area (Å²) in [6, 6.07) is 7.82. The highest BCUT2D eigenvalue weighted by atomic mass is 16.5. The van der Waals surface area contributed by atoms with E-state index in [-0.39, 0.29) is 11.8 Å². The van der Waals surface area contributed by atoms with E-state index in [0.717, 1.165) is 42.5 Å². The molecule has 3 rings (SSSR count). The predicted octanol–water partition coefficient (Wildman–Crippen LogP) is 2.68. The Balaban J connectivity index is 1.58. The number of nitrogens with zero attached hydrogens (tertiary/aromatic N) is 3. The number of benzene rings is 1. The molecular formula is C18H23N5O2. The van der Waals surface area contributed by atoms with E-state index in [1.807, 2.05) is 30.5 Å². The summed E-state index contributed by atoms with van der Waals surface area (Å²) >= 11 is 0. The Hall–Kier alpha value is -2.67. The maximum absolute atomic E-state index is 12.1. The smallest absolute Gasteiger partial charge is 0.316 e. The van der Waals surface area contributed by atoms with Crippen molar-refractivity contribution in [3.63, 3.8) is 0 Å². The summed E-state index contributed by atoms with van der Waals surface area (Å²) in [4.78, 5) is 21.8. The van der Waals surface area contributed by atoms with Crippen molar-refractivity contribution in [2.24, 2.45) is 0 Å². The lowest BCUT2D eigenvalue weighted by Crippen LogP contribution is -2.30. The number of nitrogens with one attached hydrogen (secondary N) is 2. The van der Waals surface area contributed by atoms with E-state index in [1.165, 1.54) is 0 Å². The van der Waals surface area contributed by atoms with Crippen molar-refractivity contribution in [2.45, 2.75) is 20.3 Å². The molecule has 0 saturated heterocycles. The monoisotopic (exact) mass is 341 g/mol. The van der Waals surface area contributed by atoms with Gasteiger partial charge < -0.3 is 19.7 Å². The fraction of sp³-hybridized carbons (Fsp3) is 0.389. The van der Waals surface area contributed by atoms with Gasteiger partial charge in [0.1, 0.15) is 0 Å². The van der Waals surface area contributed by atoms with Crippen LogP contribution in [-0.4, -0.2) is 52.1 Å². The second kappa shape index (κ2) is 7.94. The van der Waals surface area contributed by atoms with Crippen molar-refractivity contribution < 1.29 is 9.32 Å². The number of hydrogen-bond acceptors (Lipinski definition) is 5. The maximum atomic E-state index is 12.1. The predicted molar refractivity (Wildman–Crippen MR) is 96.3 cm³/mol. The first-order chi connectivity index (χ1) is 12.2. The lowest BCUT2D eigenvalue weighted by atomic mass is 10.1. The van der Waals surface area contributed by atoms with Gasteiger partial charge in [-0.15, -0.1) is 0 Å². The summed E-state index contributed by atoms with van der Waals surface area (Å²) in [5.41, 5.74) is 1.80. The second-order valence-corrected chi connectivity index (χ2v) is 5.84. The first-order valence-electron chi connectivity index (χ1n) is 8.63. The minimum atomic E-state index is -0.334. The van der Waals surface area contributed by atoms with E-state index in [1.54, 1.807) is 0 Å². The molecule has 25 heavy (non-hydrogen) atoms. The average molecular weight is 341 g/mol. The number of aromatic nitrogens is 3. The van der Waals surface area contributed by atoms with Crippen LogP contribution in [-0.2, 0) is 0 Å². The largest absolute Gasteiger partial charge is 0.361 e. The Morgan fingerprint density at radius 1 is 1.28 bits per heavy atom. The Bertz CT molecular complexity index is 835. The molecule has 132 valence electrons. The molecule has 0 aliphatic heterocycles. The van der Waals surface area contributed by atoms with E-state index < -0.39 is 0 Å². The van der Waals surface area contributed by atoms with Crippen LogP contribution in [0.2, 0.25) is 0 Å². The molecular weight excluding hydrogens is 318 g/mol. The van der Waals surface area contributed by atoms with Gasteiger partial charge in [-0.05, 0) is 43.6 Å². The average Bonchev–Trinajstić information content (AvgIpc) is 3.30. The van der Waals surface area contributed by atoms with Crippen LogP contribution < -0.4 is 5.32 Å². The van der Waals surface area contributed by atoms with Gasteiger partial charge in [0.05, 0.1) is 0 Å². The van der Waals surface area contributed by atoms with Crippen molar-refractivity contribution in [2.75, 3.05) is 26.2 Å². The molecule has 2 heterocycles. The van der Waals surface area contributed by atoms with Crippen molar-refractivity contribution in [1.29, 1.82) is 0 Å². The molecule has 0 aliphatic carbocycles. The SMILES string of the molecule is CCN(CC)CCCNC(=O)c1nc(-c2ccc3cc[nH]c3c2)no1. The fourth-order valence-corrected chi connectivity index (χ4v) is 2.74. The number of aromatic amines is 1. The number of amides is 1. The third-order valence-corrected chi connectivity index (χ3v) is 4.26. The van der Waals surface area contributed by atoms with Gasteiger partial charge >= 0.3 is 11.8 Å². The maximum Gasteiger partial charge on any atom is 0.316 e. The fourth-order valence-electron chi connectivity index (χ4n) is 2.74. The van der Waals surface area contributed by atoms with Crippen molar-refractivity contribution in [3.8, 4) is 11.4 Å². The molecule has 0 aliphatic rings. The van der Waals surface area contributed by atoms with Gasteiger partial charge in [-0.25, -0.2) is 0 Å². The van der Waals surface area contributed by atoms with Crippen LogP contribution in [0.25, 0.3) is 22.3 Å². The summed E-state index contributed by atoms with van der Waals surface area (Å²) in [6.07, 6.45) is 2.76. The van der Waals surface area contributed by atoms with Crippen molar-refractivity contribution in [3.05, 3.63) is 36.4 Å². The van der Waals surface area contributed by atoms with Crippen LogP contribution in [0.3, 0.4) is 0 Å². The molecule has 7 heteroatoms. The summed E-state index contributed by atoms with van der Waals surface area (Å²) in [5, 5.41) is 7.85. The van der Waals surface area contributed by atoms with Gasteiger partial charge in [-0.2, -0.15) is 4.98 Å². The summed E-state index contributed by atoms with van der Waals surface area (Å²) in [6.45, 7) is 7.84. The topological polar surface area (TPSA) is 87.0 Å². The van der Waals surface area contributed by atoms with Crippen LogP contribution in [0.5, 0.6) is 0 Å². The minimum Gasteiger partial charge on any atom is -0.361 e. The Labute approximate surface area is 146 Å². The molecule has 0 fully saturated rings. The number of carbonyl (C=O) groups excluding carboxylic acids is 1. The molecule has 0 spiro atoms. The molecule has 0 unspecified atom stereocenters. The van der Waals surface area contributed by atoms with Crippen molar-refractivity contribution in [1.82, 2.24) is 25.3 Å². The zero-order valence-electron chi connectivity index (χ0n) is 14.6. The van der Waals surface area contributed by atoms with Crippen LogP contribution in [0.15, 0.2) is 35.0 Å². The van der Waals surface area contributed by atoms with Crippen LogP contribution in [0.1, 0.15) is 31.0 Å². The first kappa shape index (κ1) is 17.2. The van der Waals surface area contributed by atoms with Gasteiger partial charge in [0.2, 0.25) is 5.82 Å². The molecule has 1 amide bonds. The molecule has 1 aromatic carbocycles. The van der Waals surface area contributed by atoms with Gasteiger partial charge in [-0.1, -0.05) is 31.1 Å². The zero-order valence-corrected chi connectivity index (χ0v) is 14.6. The second-order valence-electron chi connectivity index (χ2n) is 5.84. The van der Waals surface area contributed by atoms with E-state index in [0.29, 0.717) is 12.4 Å². The summed E-state index contributed by atoms with van der Waals surface area (Å²) in [7, 11) is 0. The number of rotatable bonds is 8. The quantitative estimate of drug-likeness (QED) is 0.615. The highest BCUT2D eigenvalue weighted by Gasteiger charge is 2.16. The lowest BCUT2D eigenvalue weighted by Gasteiger charge is -2.17. The number of fused-ring (bicyclic) bond motifs is 1. The summed E-state index contributed by atoms with van der Waals surface area (Å²) in [5.74, 6) is 0.0634.